The van der Waals surface area contributed by atoms with Crippen LogP contribution in [-0.4, -0.2) is 35.1 Å². The summed E-state index contributed by atoms with van der Waals surface area (Å²) in [5.74, 6) is -0.736. The third kappa shape index (κ3) is 2.59. The van der Waals surface area contributed by atoms with Crippen LogP contribution in [0.3, 0.4) is 0 Å². The molecule has 20 heavy (non-hydrogen) atoms. The van der Waals surface area contributed by atoms with Crippen LogP contribution < -0.4 is 10.6 Å². The summed E-state index contributed by atoms with van der Waals surface area (Å²) < 4.78 is 0. The Bertz CT molecular complexity index is 532. The van der Waals surface area contributed by atoms with Crippen LogP contribution in [0.2, 0.25) is 0 Å². The lowest BCUT2D eigenvalue weighted by Crippen LogP contribution is -2.48. The number of carbonyl (C=O) groups excluding carboxylic acids is 1. The van der Waals surface area contributed by atoms with Crippen molar-refractivity contribution in [3.63, 3.8) is 0 Å². The van der Waals surface area contributed by atoms with E-state index in [4.69, 9.17) is 5.73 Å². The molecule has 1 aliphatic heterocycles. The fraction of sp³-hybridized carbons (Fsp3) is 0.500. The minimum Gasteiger partial charge on any atom is -0.481 e. The van der Waals surface area contributed by atoms with Crippen molar-refractivity contribution in [2.45, 2.75) is 26.2 Å². The number of hydrogen-bond acceptors (Lipinski definition) is 4. The monoisotopic (exact) mass is 277 g/mol. The predicted octanol–water partition coefficient (Wildman–Crippen LogP) is 1.26. The van der Waals surface area contributed by atoms with Crippen molar-refractivity contribution in [3.05, 3.63) is 23.9 Å². The summed E-state index contributed by atoms with van der Waals surface area (Å²) in [4.78, 5) is 28.9. The van der Waals surface area contributed by atoms with Gasteiger partial charge in [0.15, 0.2) is 0 Å². The van der Waals surface area contributed by atoms with Gasteiger partial charge in [-0.3, -0.25) is 9.59 Å². The van der Waals surface area contributed by atoms with Crippen molar-refractivity contribution in [1.29, 1.82) is 0 Å². The molecule has 0 radical (unpaired) electrons. The molecular weight excluding hydrogens is 258 g/mol. The Morgan fingerprint density at radius 1 is 1.50 bits per heavy atom. The molecule has 1 aliphatic rings. The van der Waals surface area contributed by atoms with E-state index in [2.05, 4.69) is 4.98 Å². The van der Waals surface area contributed by atoms with Gasteiger partial charge in [-0.15, -0.1) is 0 Å². The Morgan fingerprint density at radius 2 is 2.25 bits per heavy atom. The SMILES string of the molecule is CCC1(C(=O)O)CCCN(c2cccc(C(N)=O)n2)C1. The quantitative estimate of drug-likeness (QED) is 0.863. The second kappa shape index (κ2) is 5.48. The van der Waals surface area contributed by atoms with Crippen molar-refractivity contribution >= 4 is 17.7 Å². The second-order valence-electron chi connectivity index (χ2n) is 5.21. The molecule has 2 rings (SSSR count). The van der Waals surface area contributed by atoms with Gasteiger partial charge < -0.3 is 15.7 Å². The first kappa shape index (κ1) is 14.3. The van der Waals surface area contributed by atoms with E-state index < -0.39 is 17.3 Å². The molecule has 0 bridgehead atoms. The van der Waals surface area contributed by atoms with Crippen LogP contribution >= 0.6 is 0 Å². The summed E-state index contributed by atoms with van der Waals surface area (Å²) in [7, 11) is 0. The number of pyridine rings is 1. The number of primary amides is 1. The highest BCUT2D eigenvalue weighted by Gasteiger charge is 2.41. The Balaban J connectivity index is 2.27. The van der Waals surface area contributed by atoms with Gasteiger partial charge in [0.25, 0.3) is 5.91 Å². The molecule has 1 fully saturated rings. The van der Waals surface area contributed by atoms with Gasteiger partial charge in [0.2, 0.25) is 0 Å². The van der Waals surface area contributed by atoms with E-state index in [0.29, 0.717) is 25.2 Å². The molecule has 6 nitrogen and oxygen atoms in total. The Kier molecular flexibility index (Phi) is 3.92. The summed E-state index contributed by atoms with van der Waals surface area (Å²) in [6.07, 6.45) is 2.04. The molecule has 1 aromatic heterocycles. The van der Waals surface area contributed by atoms with Gasteiger partial charge in [0.05, 0.1) is 5.41 Å². The molecule has 1 aromatic rings. The molecule has 1 atom stereocenters. The van der Waals surface area contributed by atoms with E-state index in [1.165, 1.54) is 0 Å². The first-order valence-corrected chi connectivity index (χ1v) is 6.74. The molecule has 0 saturated carbocycles. The normalized spacial score (nSPS) is 22.6. The van der Waals surface area contributed by atoms with Crippen LogP contribution in [0.25, 0.3) is 0 Å². The van der Waals surface area contributed by atoms with Crippen LogP contribution in [0.4, 0.5) is 5.82 Å². The number of piperidine rings is 1. The lowest BCUT2D eigenvalue weighted by molar-refractivity contribution is -0.149. The van der Waals surface area contributed by atoms with Gasteiger partial charge in [0, 0.05) is 13.1 Å². The Hall–Kier alpha value is -2.11. The minimum atomic E-state index is -0.768. The summed E-state index contributed by atoms with van der Waals surface area (Å²) in [6.45, 7) is 3.04. The summed E-state index contributed by atoms with van der Waals surface area (Å²) in [5, 5.41) is 9.48. The van der Waals surface area contributed by atoms with Crippen LogP contribution in [-0.2, 0) is 4.79 Å². The Morgan fingerprint density at radius 3 is 2.85 bits per heavy atom. The molecule has 3 N–H and O–H groups in total. The number of rotatable bonds is 4. The van der Waals surface area contributed by atoms with Gasteiger partial charge in [-0.05, 0) is 31.4 Å². The summed E-state index contributed by atoms with van der Waals surface area (Å²) >= 11 is 0. The molecular formula is C14H19N3O3. The molecule has 0 spiro atoms. The highest BCUT2D eigenvalue weighted by Crippen LogP contribution is 2.35. The van der Waals surface area contributed by atoms with E-state index in [1.54, 1.807) is 18.2 Å². The summed E-state index contributed by atoms with van der Waals surface area (Å²) in [5.41, 5.74) is 4.69. The van der Waals surface area contributed by atoms with Gasteiger partial charge in [0.1, 0.15) is 11.5 Å². The average molecular weight is 277 g/mol. The largest absolute Gasteiger partial charge is 0.481 e. The molecule has 0 aliphatic carbocycles. The fourth-order valence-electron chi connectivity index (χ4n) is 2.68. The van der Waals surface area contributed by atoms with Crippen molar-refractivity contribution in [2.24, 2.45) is 11.1 Å². The van der Waals surface area contributed by atoms with E-state index in [1.807, 2.05) is 11.8 Å². The zero-order chi connectivity index (χ0) is 14.8. The Labute approximate surface area is 117 Å². The number of carbonyl (C=O) groups is 2. The molecule has 108 valence electrons. The number of anilines is 1. The number of nitrogens with two attached hydrogens (primary N) is 1. The third-order valence-electron chi connectivity index (χ3n) is 4.02. The number of aromatic nitrogens is 1. The zero-order valence-corrected chi connectivity index (χ0v) is 11.5. The predicted molar refractivity (Wildman–Crippen MR) is 74.6 cm³/mol. The number of carboxylic acids is 1. The molecule has 0 aromatic carbocycles. The number of hydrogen-bond donors (Lipinski definition) is 2. The van der Waals surface area contributed by atoms with Crippen LogP contribution in [0.15, 0.2) is 18.2 Å². The van der Waals surface area contributed by atoms with Gasteiger partial charge >= 0.3 is 5.97 Å². The maximum absolute atomic E-state index is 11.5. The number of amides is 1. The average Bonchev–Trinajstić information content (AvgIpc) is 2.47. The molecule has 2 heterocycles. The maximum Gasteiger partial charge on any atom is 0.311 e. The number of carboxylic acid groups (broad SMARTS) is 1. The zero-order valence-electron chi connectivity index (χ0n) is 11.5. The van der Waals surface area contributed by atoms with Crippen LogP contribution in [0.1, 0.15) is 36.7 Å². The number of nitrogens with zero attached hydrogens (tertiary/aromatic N) is 2. The standard InChI is InChI=1S/C14H19N3O3/c1-2-14(13(19)20)7-4-8-17(9-14)11-6-3-5-10(16-11)12(15)18/h3,5-6H,2,4,7-9H2,1H3,(H2,15,18)(H,19,20). The highest BCUT2D eigenvalue weighted by molar-refractivity contribution is 5.91. The molecule has 6 heteroatoms. The van der Waals surface area contributed by atoms with E-state index in [9.17, 15) is 14.7 Å². The first-order chi connectivity index (χ1) is 9.48. The van der Waals surface area contributed by atoms with E-state index in [-0.39, 0.29) is 5.69 Å². The second-order valence-corrected chi connectivity index (χ2v) is 5.21. The smallest absolute Gasteiger partial charge is 0.311 e. The molecule has 1 unspecified atom stereocenters. The maximum atomic E-state index is 11.5. The topological polar surface area (TPSA) is 96.5 Å². The highest BCUT2D eigenvalue weighted by atomic mass is 16.4. The van der Waals surface area contributed by atoms with Gasteiger partial charge in [-0.1, -0.05) is 13.0 Å². The van der Waals surface area contributed by atoms with Crippen molar-refractivity contribution in [3.8, 4) is 0 Å². The lowest BCUT2D eigenvalue weighted by Gasteiger charge is -2.40. The van der Waals surface area contributed by atoms with Crippen molar-refractivity contribution in [2.75, 3.05) is 18.0 Å². The van der Waals surface area contributed by atoms with E-state index >= 15 is 0 Å². The molecule has 1 amide bonds. The molecule has 1 saturated heterocycles. The minimum absolute atomic E-state index is 0.200. The lowest BCUT2D eigenvalue weighted by atomic mass is 9.77. The van der Waals surface area contributed by atoms with Gasteiger partial charge in [-0.25, -0.2) is 4.98 Å². The van der Waals surface area contributed by atoms with Crippen molar-refractivity contribution < 1.29 is 14.7 Å². The third-order valence-corrected chi connectivity index (χ3v) is 4.02. The summed E-state index contributed by atoms with van der Waals surface area (Å²) in [6, 6.07) is 5.05. The van der Waals surface area contributed by atoms with Crippen LogP contribution in [0, 0.1) is 5.41 Å². The van der Waals surface area contributed by atoms with Gasteiger partial charge in [-0.2, -0.15) is 0 Å². The first-order valence-electron chi connectivity index (χ1n) is 6.74. The fourth-order valence-corrected chi connectivity index (χ4v) is 2.68. The van der Waals surface area contributed by atoms with Crippen LogP contribution in [0.5, 0.6) is 0 Å². The van der Waals surface area contributed by atoms with Crippen molar-refractivity contribution in [1.82, 2.24) is 4.98 Å². The number of aliphatic carboxylic acids is 1. The van der Waals surface area contributed by atoms with E-state index in [0.717, 1.165) is 13.0 Å².